The van der Waals surface area contributed by atoms with E-state index in [1.165, 1.54) is 11.3 Å². The van der Waals surface area contributed by atoms with Gasteiger partial charge in [0.1, 0.15) is 0 Å². The van der Waals surface area contributed by atoms with E-state index in [2.05, 4.69) is 10.6 Å². The summed E-state index contributed by atoms with van der Waals surface area (Å²) in [7, 11) is 0. The van der Waals surface area contributed by atoms with Gasteiger partial charge in [0, 0.05) is 5.56 Å². The molecule has 0 spiro atoms. The first kappa shape index (κ1) is 17.2. The Kier molecular flexibility index (Phi) is 5.48. The Labute approximate surface area is 154 Å². The van der Waals surface area contributed by atoms with Crippen molar-refractivity contribution in [3.63, 3.8) is 0 Å². The van der Waals surface area contributed by atoms with Crippen molar-refractivity contribution < 1.29 is 9.59 Å². The molecule has 126 valence electrons. The van der Waals surface area contributed by atoms with Crippen LogP contribution in [0.3, 0.4) is 0 Å². The third-order valence-electron chi connectivity index (χ3n) is 3.51. The van der Waals surface area contributed by atoms with Gasteiger partial charge >= 0.3 is 0 Å². The second-order valence-corrected chi connectivity index (χ2v) is 6.59. The fourth-order valence-electron chi connectivity index (χ4n) is 2.28. The zero-order valence-corrected chi connectivity index (χ0v) is 14.7. The molecule has 0 radical (unpaired) electrons. The van der Waals surface area contributed by atoms with Gasteiger partial charge in [-0.15, -0.1) is 11.3 Å². The van der Waals surface area contributed by atoms with Crippen molar-refractivity contribution >= 4 is 40.3 Å². The minimum Gasteiger partial charge on any atom is -0.358 e. The predicted molar refractivity (Wildman–Crippen MR) is 101 cm³/mol. The molecule has 0 aliphatic heterocycles. The van der Waals surface area contributed by atoms with Crippen molar-refractivity contribution in [1.82, 2.24) is 5.32 Å². The SMILES string of the molecule is O=C(N[C@H](Nc1ccccc1Cl)C(=O)c1ccccc1)c1cccs1. The predicted octanol–water partition coefficient (Wildman–Crippen LogP) is 4.45. The molecule has 0 saturated carbocycles. The quantitative estimate of drug-likeness (QED) is 0.497. The largest absolute Gasteiger partial charge is 0.358 e. The molecule has 0 saturated heterocycles. The van der Waals surface area contributed by atoms with Gasteiger partial charge < -0.3 is 10.6 Å². The van der Waals surface area contributed by atoms with Crippen LogP contribution in [0.25, 0.3) is 0 Å². The van der Waals surface area contributed by atoms with Crippen molar-refractivity contribution in [3.05, 3.63) is 87.6 Å². The van der Waals surface area contributed by atoms with Gasteiger partial charge in [-0.2, -0.15) is 0 Å². The topological polar surface area (TPSA) is 58.2 Å². The number of halogens is 1. The summed E-state index contributed by atoms with van der Waals surface area (Å²) in [5, 5.41) is 8.06. The number of ketones is 1. The maximum Gasteiger partial charge on any atom is 0.263 e. The van der Waals surface area contributed by atoms with Gasteiger partial charge in [-0.05, 0) is 23.6 Å². The van der Waals surface area contributed by atoms with Gasteiger partial charge in [0.2, 0.25) is 5.78 Å². The second-order valence-electron chi connectivity index (χ2n) is 5.24. The number of thiophene rings is 1. The van der Waals surface area contributed by atoms with Crippen LogP contribution in [-0.2, 0) is 0 Å². The first-order valence-corrected chi connectivity index (χ1v) is 8.85. The fourth-order valence-corrected chi connectivity index (χ4v) is 3.10. The van der Waals surface area contributed by atoms with Crippen LogP contribution in [-0.4, -0.2) is 17.9 Å². The average molecular weight is 371 g/mol. The normalized spacial score (nSPS) is 11.6. The van der Waals surface area contributed by atoms with Gasteiger partial charge in [0.05, 0.1) is 15.6 Å². The van der Waals surface area contributed by atoms with E-state index in [0.717, 1.165) is 0 Å². The highest BCUT2D eigenvalue weighted by Gasteiger charge is 2.23. The van der Waals surface area contributed by atoms with E-state index in [4.69, 9.17) is 11.6 Å². The lowest BCUT2D eigenvalue weighted by molar-refractivity contribution is 0.0872. The van der Waals surface area contributed by atoms with Gasteiger partial charge in [-0.3, -0.25) is 9.59 Å². The number of amides is 1. The molecule has 6 heteroatoms. The minimum atomic E-state index is -0.933. The standard InChI is InChI=1S/C19H15ClN2O2S/c20-14-9-4-5-10-15(14)21-18(17(23)13-7-2-1-3-8-13)22-19(24)16-11-6-12-25-16/h1-12,18,21H,(H,22,24)/t18-/m0/s1. The maximum absolute atomic E-state index is 12.8. The molecule has 0 fully saturated rings. The van der Waals surface area contributed by atoms with Crippen molar-refractivity contribution in [1.29, 1.82) is 0 Å². The molecule has 1 aromatic heterocycles. The van der Waals surface area contributed by atoms with E-state index >= 15 is 0 Å². The van der Waals surface area contributed by atoms with Crippen LogP contribution in [0.5, 0.6) is 0 Å². The molecule has 0 bridgehead atoms. The Bertz CT molecular complexity index is 866. The highest BCUT2D eigenvalue weighted by atomic mass is 35.5. The lowest BCUT2D eigenvalue weighted by Gasteiger charge is -2.20. The average Bonchev–Trinajstić information content (AvgIpc) is 3.18. The molecule has 0 aliphatic carbocycles. The first-order valence-electron chi connectivity index (χ1n) is 7.60. The Hall–Kier alpha value is -2.63. The number of nitrogens with one attached hydrogen (secondary N) is 2. The third-order valence-corrected chi connectivity index (χ3v) is 4.71. The number of benzene rings is 2. The Morgan fingerprint density at radius 3 is 2.32 bits per heavy atom. The van der Waals surface area contributed by atoms with Crippen LogP contribution in [0.2, 0.25) is 5.02 Å². The van der Waals surface area contributed by atoms with E-state index in [-0.39, 0.29) is 11.7 Å². The van der Waals surface area contributed by atoms with Crippen LogP contribution in [0.4, 0.5) is 5.69 Å². The minimum absolute atomic E-state index is 0.245. The number of carbonyl (C=O) groups is 2. The van der Waals surface area contributed by atoms with Gasteiger partial charge in [0.25, 0.3) is 5.91 Å². The molecule has 1 amide bonds. The summed E-state index contributed by atoms with van der Waals surface area (Å²) in [4.78, 5) is 25.8. The fraction of sp³-hybridized carbons (Fsp3) is 0.0526. The van der Waals surface area contributed by atoms with Crippen LogP contribution in [0.15, 0.2) is 72.1 Å². The smallest absolute Gasteiger partial charge is 0.263 e. The lowest BCUT2D eigenvalue weighted by atomic mass is 10.1. The highest BCUT2D eigenvalue weighted by Crippen LogP contribution is 2.22. The summed E-state index contributed by atoms with van der Waals surface area (Å²) in [5.74, 6) is -0.561. The molecular formula is C19H15ClN2O2S. The number of rotatable bonds is 6. The number of carbonyl (C=O) groups excluding carboxylic acids is 2. The van der Waals surface area contributed by atoms with E-state index < -0.39 is 6.17 Å². The zero-order chi connectivity index (χ0) is 17.6. The number of anilines is 1. The van der Waals surface area contributed by atoms with Crippen molar-refractivity contribution in [2.75, 3.05) is 5.32 Å². The molecule has 4 nitrogen and oxygen atoms in total. The molecule has 0 aliphatic rings. The van der Waals surface area contributed by atoms with Crippen LogP contribution in [0, 0.1) is 0 Å². The Morgan fingerprint density at radius 2 is 1.64 bits per heavy atom. The highest BCUT2D eigenvalue weighted by molar-refractivity contribution is 7.12. The molecule has 2 N–H and O–H groups in total. The monoisotopic (exact) mass is 370 g/mol. The summed E-state index contributed by atoms with van der Waals surface area (Å²) >= 11 is 7.48. The van der Waals surface area contributed by atoms with E-state index in [1.54, 1.807) is 60.7 Å². The molecule has 1 atom stereocenters. The number of hydrogen-bond acceptors (Lipinski definition) is 4. The van der Waals surface area contributed by atoms with Gasteiger partial charge in [-0.25, -0.2) is 0 Å². The molecular weight excluding hydrogens is 356 g/mol. The van der Waals surface area contributed by atoms with Crippen molar-refractivity contribution in [2.45, 2.75) is 6.17 Å². The van der Waals surface area contributed by atoms with Crippen LogP contribution < -0.4 is 10.6 Å². The van der Waals surface area contributed by atoms with E-state index in [9.17, 15) is 9.59 Å². The third kappa shape index (κ3) is 4.26. The maximum atomic E-state index is 12.8. The summed E-state index contributed by atoms with van der Waals surface area (Å²) < 4.78 is 0. The molecule has 25 heavy (non-hydrogen) atoms. The summed E-state index contributed by atoms with van der Waals surface area (Å²) in [6, 6.07) is 19.4. The molecule has 1 heterocycles. The lowest BCUT2D eigenvalue weighted by Crippen LogP contribution is -2.46. The second kappa shape index (κ2) is 7.96. The Balaban J connectivity index is 1.86. The van der Waals surface area contributed by atoms with Crippen LogP contribution >= 0.6 is 22.9 Å². The summed E-state index contributed by atoms with van der Waals surface area (Å²) in [6.07, 6.45) is -0.933. The van der Waals surface area contributed by atoms with Gasteiger partial charge in [0.15, 0.2) is 6.17 Å². The van der Waals surface area contributed by atoms with Crippen molar-refractivity contribution in [2.24, 2.45) is 0 Å². The molecule has 3 rings (SSSR count). The van der Waals surface area contributed by atoms with E-state index in [1.807, 2.05) is 11.4 Å². The Morgan fingerprint density at radius 1 is 0.920 bits per heavy atom. The molecule has 0 unspecified atom stereocenters. The van der Waals surface area contributed by atoms with Crippen LogP contribution in [0.1, 0.15) is 20.0 Å². The van der Waals surface area contributed by atoms with E-state index in [0.29, 0.717) is 21.2 Å². The number of para-hydroxylation sites is 1. The van der Waals surface area contributed by atoms with Crippen molar-refractivity contribution in [3.8, 4) is 0 Å². The summed E-state index contributed by atoms with van der Waals surface area (Å²) in [5.41, 5.74) is 1.07. The summed E-state index contributed by atoms with van der Waals surface area (Å²) in [6.45, 7) is 0. The molecule has 3 aromatic rings. The number of Topliss-reactive ketones (excluding diaryl/α,β-unsaturated/α-hetero) is 1. The zero-order valence-electron chi connectivity index (χ0n) is 13.1. The number of hydrogen-bond donors (Lipinski definition) is 2. The first-order chi connectivity index (χ1) is 12.1. The van der Waals surface area contributed by atoms with Gasteiger partial charge in [-0.1, -0.05) is 60.1 Å². The molecule has 2 aromatic carbocycles.